The number of pyridine rings is 1. The lowest BCUT2D eigenvalue weighted by atomic mass is 10.1. The molecule has 1 unspecified atom stereocenters. The minimum Gasteiger partial charge on any atom is -0.377 e. The number of piperidine rings is 1. The average Bonchev–Trinajstić information content (AvgIpc) is 2.81. The molecule has 118 valence electrons. The Balaban J connectivity index is 1.84. The smallest absolute Gasteiger partial charge is 0.255 e. The van der Waals surface area contributed by atoms with E-state index in [1.54, 1.807) is 10.9 Å². The van der Waals surface area contributed by atoms with E-state index in [-0.39, 0.29) is 12.0 Å². The van der Waals surface area contributed by atoms with E-state index < -0.39 is 0 Å². The first kappa shape index (κ1) is 15.0. The van der Waals surface area contributed by atoms with E-state index in [0.717, 1.165) is 36.1 Å². The summed E-state index contributed by atoms with van der Waals surface area (Å²) in [6.45, 7) is 6.06. The molecule has 1 saturated heterocycles. The summed E-state index contributed by atoms with van der Waals surface area (Å²) >= 11 is 0. The topological polar surface area (TPSA) is 60.2 Å². The van der Waals surface area contributed by atoms with Crippen molar-refractivity contribution < 1.29 is 9.53 Å². The van der Waals surface area contributed by atoms with Crippen LogP contribution in [0.3, 0.4) is 0 Å². The van der Waals surface area contributed by atoms with Crippen LogP contribution in [0.5, 0.6) is 0 Å². The Labute approximate surface area is 130 Å². The molecule has 0 N–H and O–H groups in total. The first-order chi connectivity index (χ1) is 10.6. The molecule has 2 aromatic rings. The zero-order valence-electron chi connectivity index (χ0n) is 13.4. The first-order valence-electron chi connectivity index (χ1n) is 7.80. The summed E-state index contributed by atoms with van der Waals surface area (Å²) in [5.41, 5.74) is 2.33. The Morgan fingerprint density at radius 2 is 2.32 bits per heavy atom. The van der Waals surface area contributed by atoms with Crippen LogP contribution in [-0.2, 0) is 11.8 Å². The number of likely N-dealkylation sites (tertiary alicyclic amines) is 1. The monoisotopic (exact) mass is 302 g/mol. The van der Waals surface area contributed by atoms with Gasteiger partial charge in [-0.1, -0.05) is 0 Å². The van der Waals surface area contributed by atoms with Crippen molar-refractivity contribution in [1.82, 2.24) is 19.7 Å². The molecule has 3 rings (SSSR count). The molecule has 1 fully saturated rings. The van der Waals surface area contributed by atoms with E-state index in [4.69, 9.17) is 4.74 Å². The predicted molar refractivity (Wildman–Crippen MR) is 83.8 cm³/mol. The van der Waals surface area contributed by atoms with Crippen LogP contribution in [0.1, 0.15) is 35.8 Å². The van der Waals surface area contributed by atoms with Gasteiger partial charge in [0.15, 0.2) is 5.65 Å². The van der Waals surface area contributed by atoms with Gasteiger partial charge in [0.2, 0.25) is 0 Å². The molecule has 22 heavy (non-hydrogen) atoms. The highest BCUT2D eigenvalue weighted by Crippen LogP contribution is 2.20. The molecule has 1 aliphatic heterocycles. The lowest BCUT2D eigenvalue weighted by Crippen LogP contribution is -2.43. The zero-order chi connectivity index (χ0) is 15.7. The number of nitrogens with zero attached hydrogens (tertiary/aromatic N) is 4. The molecule has 0 spiro atoms. The van der Waals surface area contributed by atoms with Gasteiger partial charge in [-0.25, -0.2) is 4.98 Å². The molecule has 1 amide bonds. The van der Waals surface area contributed by atoms with Crippen molar-refractivity contribution in [3.63, 3.8) is 0 Å². The van der Waals surface area contributed by atoms with Crippen molar-refractivity contribution in [2.45, 2.75) is 32.8 Å². The van der Waals surface area contributed by atoms with Crippen molar-refractivity contribution in [3.8, 4) is 0 Å². The number of aryl methyl sites for hydroxylation is 2. The number of rotatable bonds is 3. The molecule has 3 heterocycles. The van der Waals surface area contributed by atoms with E-state index in [0.29, 0.717) is 18.7 Å². The third-order valence-corrected chi connectivity index (χ3v) is 4.18. The third-order valence-electron chi connectivity index (χ3n) is 4.18. The van der Waals surface area contributed by atoms with Crippen molar-refractivity contribution >= 4 is 16.9 Å². The maximum atomic E-state index is 12.7. The highest BCUT2D eigenvalue weighted by molar-refractivity contribution is 5.97. The third kappa shape index (κ3) is 2.70. The summed E-state index contributed by atoms with van der Waals surface area (Å²) in [5.74, 6) is 0.0297. The predicted octanol–water partition coefficient (Wildman–Crippen LogP) is 1.92. The second kappa shape index (κ2) is 6.04. The van der Waals surface area contributed by atoms with Gasteiger partial charge in [-0.2, -0.15) is 5.10 Å². The Morgan fingerprint density at radius 3 is 3.09 bits per heavy atom. The van der Waals surface area contributed by atoms with E-state index in [9.17, 15) is 4.79 Å². The largest absolute Gasteiger partial charge is 0.377 e. The van der Waals surface area contributed by atoms with Crippen molar-refractivity contribution in [2.24, 2.45) is 7.05 Å². The van der Waals surface area contributed by atoms with Crippen molar-refractivity contribution in [3.05, 3.63) is 23.5 Å². The number of carbonyl (C=O) groups excluding carboxylic acids is 1. The van der Waals surface area contributed by atoms with Gasteiger partial charge in [-0.3, -0.25) is 9.48 Å². The molecule has 1 aliphatic rings. The van der Waals surface area contributed by atoms with Gasteiger partial charge in [-0.15, -0.1) is 0 Å². The fourth-order valence-corrected chi connectivity index (χ4v) is 3.10. The minimum atomic E-state index is 0.0297. The average molecular weight is 302 g/mol. The second-order valence-electron chi connectivity index (χ2n) is 5.77. The molecule has 2 aromatic heterocycles. The number of amides is 1. The van der Waals surface area contributed by atoms with Crippen LogP contribution in [0, 0.1) is 6.92 Å². The van der Waals surface area contributed by atoms with Crippen LogP contribution in [0.15, 0.2) is 12.3 Å². The van der Waals surface area contributed by atoms with Gasteiger partial charge >= 0.3 is 0 Å². The number of aromatic nitrogens is 3. The molecule has 0 aliphatic carbocycles. The van der Waals surface area contributed by atoms with Crippen LogP contribution in [0.4, 0.5) is 0 Å². The molecule has 0 aromatic carbocycles. The second-order valence-corrected chi connectivity index (χ2v) is 5.77. The number of fused-ring (bicyclic) bond motifs is 1. The summed E-state index contributed by atoms with van der Waals surface area (Å²) in [6.07, 6.45) is 3.81. The molecule has 0 bridgehead atoms. The minimum absolute atomic E-state index is 0.0297. The summed E-state index contributed by atoms with van der Waals surface area (Å²) in [4.78, 5) is 19.0. The molecule has 0 saturated carbocycles. The van der Waals surface area contributed by atoms with Crippen LogP contribution in [0.2, 0.25) is 0 Å². The lowest BCUT2D eigenvalue weighted by molar-refractivity contribution is 0.00723. The standard InChI is InChI=1S/C16H22N4O2/c1-4-22-13-6-5-7-20(10-13)16(21)12-8-14-11(2)18-19(3)15(14)17-9-12/h8-9,13H,4-7,10H2,1-3H3. The molecule has 6 nitrogen and oxygen atoms in total. The van der Waals surface area contributed by atoms with Gasteiger partial charge in [0.25, 0.3) is 5.91 Å². The Kier molecular flexibility index (Phi) is 4.11. The molecular weight excluding hydrogens is 280 g/mol. The van der Waals surface area contributed by atoms with Crippen LogP contribution < -0.4 is 0 Å². The summed E-state index contributed by atoms with van der Waals surface area (Å²) in [7, 11) is 1.86. The number of hydrogen-bond acceptors (Lipinski definition) is 4. The number of ether oxygens (including phenoxy) is 1. The highest BCUT2D eigenvalue weighted by Gasteiger charge is 2.25. The summed E-state index contributed by atoms with van der Waals surface area (Å²) in [6, 6.07) is 1.90. The fraction of sp³-hybridized carbons (Fsp3) is 0.562. The number of carbonyl (C=O) groups is 1. The van der Waals surface area contributed by atoms with E-state index in [1.165, 1.54) is 0 Å². The highest BCUT2D eigenvalue weighted by atomic mass is 16.5. The van der Waals surface area contributed by atoms with Gasteiger partial charge in [-0.05, 0) is 32.8 Å². The van der Waals surface area contributed by atoms with E-state index in [1.807, 2.05) is 31.9 Å². The lowest BCUT2D eigenvalue weighted by Gasteiger charge is -2.32. The van der Waals surface area contributed by atoms with Crippen LogP contribution >= 0.6 is 0 Å². The SMILES string of the molecule is CCOC1CCCN(C(=O)c2cnc3c(c2)c(C)nn3C)C1. The van der Waals surface area contributed by atoms with Crippen LogP contribution in [-0.4, -0.2) is 51.4 Å². The van der Waals surface area contributed by atoms with Gasteiger partial charge < -0.3 is 9.64 Å². The number of hydrogen-bond donors (Lipinski definition) is 0. The first-order valence-corrected chi connectivity index (χ1v) is 7.80. The molecule has 0 radical (unpaired) electrons. The maximum Gasteiger partial charge on any atom is 0.255 e. The van der Waals surface area contributed by atoms with E-state index >= 15 is 0 Å². The molecular formula is C16H22N4O2. The Bertz CT molecular complexity index is 693. The van der Waals surface area contributed by atoms with E-state index in [2.05, 4.69) is 10.1 Å². The Hall–Kier alpha value is -1.95. The van der Waals surface area contributed by atoms with Crippen LogP contribution in [0.25, 0.3) is 11.0 Å². The van der Waals surface area contributed by atoms with Gasteiger partial charge in [0.1, 0.15) is 0 Å². The normalized spacial score (nSPS) is 18.9. The maximum absolute atomic E-state index is 12.7. The van der Waals surface area contributed by atoms with Crippen molar-refractivity contribution in [2.75, 3.05) is 19.7 Å². The molecule has 1 atom stereocenters. The summed E-state index contributed by atoms with van der Waals surface area (Å²) in [5, 5.41) is 5.29. The summed E-state index contributed by atoms with van der Waals surface area (Å²) < 4.78 is 7.41. The quantitative estimate of drug-likeness (QED) is 0.869. The fourth-order valence-electron chi connectivity index (χ4n) is 3.10. The van der Waals surface area contributed by atoms with Gasteiger partial charge in [0.05, 0.1) is 17.4 Å². The molecule has 6 heteroatoms. The van der Waals surface area contributed by atoms with Gasteiger partial charge in [0, 0.05) is 38.3 Å². The zero-order valence-corrected chi connectivity index (χ0v) is 13.4. The Morgan fingerprint density at radius 1 is 1.50 bits per heavy atom. The van der Waals surface area contributed by atoms with Crippen molar-refractivity contribution in [1.29, 1.82) is 0 Å².